The number of fused-ring (bicyclic) bond motifs is 2. The number of aliphatic hydroxyl groups excluding tert-OH is 2. The van der Waals surface area contributed by atoms with E-state index in [2.05, 4.69) is 26.0 Å². The fraction of sp³-hybridized carbons (Fsp3) is 1.00. The van der Waals surface area contributed by atoms with E-state index in [4.69, 9.17) is 0 Å². The van der Waals surface area contributed by atoms with Gasteiger partial charge < -0.3 is 10.2 Å². The van der Waals surface area contributed by atoms with Crippen molar-refractivity contribution in [2.75, 3.05) is 0 Å². The largest absolute Gasteiger partial charge is 0.390 e. The van der Waals surface area contributed by atoms with Crippen molar-refractivity contribution in [3.8, 4) is 0 Å². The van der Waals surface area contributed by atoms with Crippen LogP contribution in [0, 0.1) is 0 Å². The zero-order valence-electron chi connectivity index (χ0n) is 6.15. The molecule has 4 unspecified atom stereocenters. The molecule has 0 saturated carbocycles. The molecular weight excluding hydrogens is 257 g/mol. The van der Waals surface area contributed by atoms with Crippen LogP contribution in [0.15, 0.2) is 0 Å². The van der Waals surface area contributed by atoms with Gasteiger partial charge >= 0.3 is 0 Å². The molecular formula is C7H12INO2. The summed E-state index contributed by atoms with van der Waals surface area (Å²) in [5.74, 6) is 0. The predicted octanol–water partition coefficient (Wildman–Crippen LogP) is 0.295. The van der Waals surface area contributed by atoms with Crippen molar-refractivity contribution in [1.29, 1.82) is 0 Å². The Kier molecular flexibility index (Phi) is 2.11. The second-order valence-corrected chi connectivity index (χ2v) is 4.55. The molecule has 0 spiro atoms. The lowest BCUT2D eigenvalue weighted by Gasteiger charge is -2.36. The summed E-state index contributed by atoms with van der Waals surface area (Å²) in [6, 6.07) is 0.698. The summed E-state index contributed by atoms with van der Waals surface area (Å²) in [5.41, 5.74) is 0. The minimum absolute atomic E-state index is 0.198. The third-order valence-electron chi connectivity index (χ3n) is 2.76. The average Bonchev–Trinajstić information content (AvgIpc) is 2.23. The monoisotopic (exact) mass is 269 g/mol. The molecule has 0 amide bonds. The predicted molar refractivity (Wildman–Crippen MR) is 49.3 cm³/mol. The maximum atomic E-state index is 9.54. The van der Waals surface area contributed by atoms with Crippen LogP contribution in [-0.4, -0.2) is 37.6 Å². The van der Waals surface area contributed by atoms with Crippen molar-refractivity contribution in [2.24, 2.45) is 0 Å². The molecule has 64 valence electrons. The molecule has 2 N–H and O–H groups in total. The quantitative estimate of drug-likeness (QED) is 0.491. The van der Waals surface area contributed by atoms with Crippen LogP contribution in [0.25, 0.3) is 0 Å². The fourth-order valence-electron chi connectivity index (χ4n) is 2.09. The number of hydrogen-bond donors (Lipinski definition) is 2. The molecule has 3 nitrogen and oxygen atoms in total. The van der Waals surface area contributed by atoms with E-state index in [1.807, 2.05) is 0 Å². The SMILES string of the molecule is OC1CC2CCC(C1O)N2I. The highest BCUT2D eigenvalue weighted by Crippen LogP contribution is 2.38. The molecule has 11 heavy (non-hydrogen) atoms. The molecule has 2 aliphatic heterocycles. The van der Waals surface area contributed by atoms with E-state index in [0.717, 1.165) is 19.3 Å². The third kappa shape index (κ3) is 1.20. The summed E-state index contributed by atoms with van der Waals surface area (Å²) < 4.78 is 2.18. The Balaban J connectivity index is 2.16. The molecule has 0 radical (unpaired) electrons. The Morgan fingerprint density at radius 1 is 1.27 bits per heavy atom. The molecule has 2 fully saturated rings. The van der Waals surface area contributed by atoms with E-state index in [9.17, 15) is 10.2 Å². The molecule has 0 aliphatic carbocycles. The van der Waals surface area contributed by atoms with Gasteiger partial charge in [0.1, 0.15) is 0 Å². The van der Waals surface area contributed by atoms with Gasteiger partial charge in [-0.05, 0) is 19.3 Å². The molecule has 0 aromatic rings. The van der Waals surface area contributed by atoms with Crippen molar-refractivity contribution < 1.29 is 10.2 Å². The smallest absolute Gasteiger partial charge is 0.0962 e. The lowest BCUT2D eigenvalue weighted by atomic mass is 10.00. The Hall–Kier alpha value is 0.610. The van der Waals surface area contributed by atoms with Gasteiger partial charge in [0.2, 0.25) is 0 Å². The number of nitrogens with zero attached hydrogens (tertiary/aromatic N) is 1. The molecule has 4 atom stereocenters. The summed E-state index contributed by atoms with van der Waals surface area (Å²) in [7, 11) is 0. The van der Waals surface area contributed by atoms with Gasteiger partial charge in [0.05, 0.1) is 12.2 Å². The van der Waals surface area contributed by atoms with E-state index in [-0.39, 0.29) is 6.04 Å². The lowest BCUT2D eigenvalue weighted by molar-refractivity contribution is -0.0431. The number of piperidine rings is 1. The van der Waals surface area contributed by atoms with Gasteiger partial charge in [-0.1, -0.05) is 0 Å². The van der Waals surface area contributed by atoms with Gasteiger partial charge in [-0.25, -0.2) is 3.11 Å². The van der Waals surface area contributed by atoms with Gasteiger partial charge in [-0.3, -0.25) is 0 Å². The molecule has 4 heteroatoms. The fourth-order valence-corrected chi connectivity index (χ4v) is 3.20. The first-order valence-corrected chi connectivity index (χ1v) is 4.97. The Labute approximate surface area is 79.9 Å². The van der Waals surface area contributed by atoms with Crippen LogP contribution >= 0.6 is 22.9 Å². The van der Waals surface area contributed by atoms with Gasteiger partial charge in [0.25, 0.3) is 0 Å². The first-order chi connectivity index (χ1) is 5.20. The summed E-state index contributed by atoms with van der Waals surface area (Å²) in [6.07, 6.45) is 1.89. The van der Waals surface area contributed by atoms with Crippen LogP contribution in [-0.2, 0) is 0 Å². The molecule has 2 rings (SSSR count). The van der Waals surface area contributed by atoms with Gasteiger partial charge in [0, 0.05) is 34.9 Å². The first-order valence-electron chi connectivity index (χ1n) is 4.00. The number of rotatable bonds is 0. The second kappa shape index (κ2) is 2.83. The van der Waals surface area contributed by atoms with Crippen LogP contribution < -0.4 is 0 Å². The van der Waals surface area contributed by atoms with E-state index in [1.54, 1.807) is 0 Å². The highest BCUT2D eigenvalue weighted by atomic mass is 127. The Morgan fingerprint density at radius 2 is 2.00 bits per heavy atom. The molecule has 0 aromatic carbocycles. The zero-order chi connectivity index (χ0) is 8.01. The maximum Gasteiger partial charge on any atom is 0.0962 e. The van der Waals surface area contributed by atoms with Crippen molar-refractivity contribution >= 4 is 22.9 Å². The van der Waals surface area contributed by atoms with Crippen molar-refractivity contribution in [3.05, 3.63) is 0 Å². The van der Waals surface area contributed by atoms with Gasteiger partial charge in [-0.2, -0.15) is 0 Å². The van der Waals surface area contributed by atoms with Crippen LogP contribution in [0.2, 0.25) is 0 Å². The number of hydrogen-bond acceptors (Lipinski definition) is 3. The van der Waals surface area contributed by atoms with E-state index >= 15 is 0 Å². The molecule has 2 aliphatic rings. The number of halogens is 1. The maximum absolute atomic E-state index is 9.54. The summed E-state index contributed by atoms with van der Waals surface area (Å²) in [5, 5.41) is 18.9. The third-order valence-corrected chi connectivity index (χ3v) is 4.27. The number of aliphatic hydroxyl groups is 2. The average molecular weight is 269 g/mol. The van der Waals surface area contributed by atoms with Gasteiger partial charge in [0.15, 0.2) is 0 Å². The van der Waals surface area contributed by atoms with Crippen LogP contribution in [0.5, 0.6) is 0 Å². The highest BCUT2D eigenvalue weighted by molar-refractivity contribution is 14.1. The summed E-state index contributed by atoms with van der Waals surface area (Å²) in [4.78, 5) is 0. The van der Waals surface area contributed by atoms with E-state index < -0.39 is 12.2 Å². The van der Waals surface area contributed by atoms with E-state index in [0.29, 0.717) is 6.04 Å². The van der Waals surface area contributed by atoms with Crippen LogP contribution in [0.1, 0.15) is 19.3 Å². The van der Waals surface area contributed by atoms with Gasteiger partial charge in [-0.15, -0.1) is 0 Å². The molecule has 2 heterocycles. The first kappa shape index (κ1) is 8.22. The van der Waals surface area contributed by atoms with Crippen molar-refractivity contribution in [3.63, 3.8) is 0 Å². The topological polar surface area (TPSA) is 43.7 Å². The Morgan fingerprint density at radius 3 is 2.73 bits per heavy atom. The second-order valence-electron chi connectivity index (χ2n) is 3.44. The molecule has 2 bridgehead atoms. The van der Waals surface area contributed by atoms with Crippen molar-refractivity contribution in [2.45, 2.75) is 43.6 Å². The minimum Gasteiger partial charge on any atom is -0.390 e. The normalized spacial score (nSPS) is 51.5. The van der Waals surface area contributed by atoms with Crippen LogP contribution in [0.3, 0.4) is 0 Å². The summed E-state index contributed by atoms with van der Waals surface area (Å²) in [6.45, 7) is 0. The molecule has 2 saturated heterocycles. The lowest BCUT2D eigenvalue weighted by Crippen LogP contribution is -2.49. The summed E-state index contributed by atoms with van der Waals surface area (Å²) >= 11 is 2.26. The Bertz CT molecular complexity index is 167. The van der Waals surface area contributed by atoms with Crippen molar-refractivity contribution in [1.82, 2.24) is 3.11 Å². The minimum atomic E-state index is -0.523. The highest BCUT2D eigenvalue weighted by Gasteiger charge is 2.45. The molecule has 0 aromatic heterocycles. The standard InChI is InChI=1S/C7H12INO2/c8-9-4-1-2-5(9)7(11)6(10)3-4/h4-7,10-11H,1-3H2. The zero-order valence-corrected chi connectivity index (χ0v) is 8.31. The van der Waals surface area contributed by atoms with Crippen LogP contribution in [0.4, 0.5) is 0 Å². The van der Waals surface area contributed by atoms with E-state index in [1.165, 1.54) is 0 Å².